The summed E-state index contributed by atoms with van der Waals surface area (Å²) >= 11 is 0. The minimum atomic E-state index is -0.358. The highest BCUT2D eigenvalue weighted by Gasteiger charge is 2.13. The zero-order valence-electron chi connectivity index (χ0n) is 11.0. The molecule has 0 saturated heterocycles. The first-order valence-electron chi connectivity index (χ1n) is 6.09. The van der Waals surface area contributed by atoms with E-state index in [1.165, 1.54) is 0 Å². The van der Waals surface area contributed by atoms with Crippen molar-refractivity contribution in [3.8, 4) is 5.69 Å². The molecule has 4 heteroatoms. The summed E-state index contributed by atoms with van der Waals surface area (Å²) in [6.45, 7) is 6.14. The van der Waals surface area contributed by atoms with Crippen LogP contribution in [0.3, 0.4) is 0 Å². The van der Waals surface area contributed by atoms with Gasteiger partial charge in [-0.2, -0.15) is 5.10 Å². The number of nitrogens with zero attached hydrogens (tertiary/aromatic N) is 2. The van der Waals surface area contributed by atoms with Crippen LogP contribution in [0.4, 0.5) is 0 Å². The second-order valence-corrected chi connectivity index (χ2v) is 3.18. The van der Waals surface area contributed by atoms with E-state index in [1.807, 2.05) is 44.2 Å². The van der Waals surface area contributed by atoms with Gasteiger partial charge in [-0.3, -0.25) is 0 Å². The molecule has 18 heavy (non-hydrogen) atoms. The van der Waals surface area contributed by atoms with Crippen molar-refractivity contribution in [1.29, 1.82) is 0 Å². The Morgan fingerprint density at radius 2 is 1.89 bits per heavy atom. The maximum atomic E-state index is 11.6. The van der Waals surface area contributed by atoms with Crippen molar-refractivity contribution in [2.24, 2.45) is 0 Å². The molecular weight excluding hydrogens is 228 g/mol. The van der Waals surface area contributed by atoms with Crippen molar-refractivity contribution in [3.63, 3.8) is 0 Å². The summed E-state index contributed by atoms with van der Waals surface area (Å²) in [6.07, 6.45) is 1.58. The summed E-state index contributed by atoms with van der Waals surface area (Å²) in [5.74, 6) is -0.358. The van der Waals surface area contributed by atoms with E-state index in [1.54, 1.807) is 23.9 Å². The van der Waals surface area contributed by atoms with E-state index in [9.17, 15) is 4.79 Å². The van der Waals surface area contributed by atoms with Crippen LogP contribution in [0, 0.1) is 0 Å². The monoisotopic (exact) mass is 246 g/mol. The van der Waals surface area contributed by atoms with Crippen LogP contribution in [0.1, 0.15) is 31.3 Å². The smallest absolute Gasteiger partial charge is 0.357 e. The molecule has 0 aliphatic heterocycles. The molecule has 2 rings (SSSR count). The summed E-state index contributed by atoms with van der Waals surface area (Å²) in [4.78, 5) is 11.6. The molecule has 1 heterocycles. The normalized spacial score (nSPS) is 9.28. The fraction of sp³-hybridized carbons (Fsp3) is 0.286. The summed E-state index contributed by atoms with van der Waals surface area (Å²) in [5.41, 5.74) is 1.28. The molecule has 0 atom stereocenters. The lowest BCUT2D eigenvalue weighted by atomic mass is 10.3. The number of hydrogen-bond donors (Lipinski definition) is 0. The molecule has 1 aromatic heterocycles. The van der Waals surface area contributed by atoms with Crippen LogP contribution in [-0.2, 0) is 4.74 Å². The topological polar surface area (TPSA) is 44.1 Å². The Kier molecular flexibility index (Phi) is 5.64. The summed E-state index contributed by atoms with van der Waals surface area (Å²) < 4.78 is 6.52. The maximum absolute atomic E-state index is 11.6. The molecule has 1 aromatic carbocycles. The molecular formula is C14H18N2O2. The zero-order chi connectivity index (χ0) is 13.4. The van der Waals surface area contributed by atoms with Crippen LogP contribution in [-0.4, -0.2) is 22.4 Å². The molecule has 0 fully saturated rings. The zero-order valence-corrected chi connectivity index (χ0v) is 11.0. The number of hydrogen-bond acceptors (Lipinski definition) is 3. The van der Waals surface area contributed by atoms with Crippen LogP contribution in [0.25, 0.3) is 5.69 Å². The van der Waals surface area contributed by atoms with Crippen LogP contribution >= 0.6 is 0 Å². The highest BCUT2D eigenvalue weighted by Crippen LogP contribution is 2.10. The molecule has 0 aliphatic carbocycles. The summed E-state index contributed by atoms with van der Waals surface area (Å²) in [7, 11) is 0. The minimum absolute atomic E-state index is 0.358. The predicted octanol–water partition coefficient (Wildman–Crippen LogP) is 3.08. The van der Waals surface area contributed by atoms with Crippen molar-refractivity contribution in [2.75, 3.05) is 6.61 Å². The van der Waals surface area contributed by atoms with Gasteiger partial charge in [-0.1, -0.05) is 32.0 Å². The predicted molar refractivity (Wildman–Crippen MR) is 70.9 cm³/mol. The summed E-state index contributed by atoms with van der Waals surface area (Å²) in [6, 6.07) is 11.1. The van der Waals surface area contributed by atoms with E-state index < -0.39 is 0 Å². The van der Waals surface area contributed by atoms with Gasteiger partial charge >= 0.3 is 5.97 Å². The van der Waals surface area contributed by atoms with Gasteiger partial charge in [0.05, 0.1) is 18.5 Å². The highest BCUT2D eigenvalue weighted by atomic mass is 16.5. The highest BCUT2D eigenvalue weighted by molar-refractivity contribution is 5.88. The third-order valence-corrected chi connectivity index (χ3v) is 2.13. The fourth-order valence-corrected chi connectivity index (χ4v) is 1.44. The molecule has 0 bridgehead atoms. The second-order valence-electron chi connectivity index (χ2n) is 3.18. The van der Waals surface area contributed by atoms with Gasteiger partial charge in [-0.15, -0.1) is 0 Å². The minimum Gasteiger partial charge on any atom is -0.461 e. The first-order chi connectivity index (χ1) is 8.83. The van der Waals surface area contributed by atoms with Gasteiger partial charge in [-0.25, -0.2) is 9.48 Å². The lowest BCUT2D eigenvalue weighted by Gasteiger charge is -2.06. The van der Waals surface area contributed by atoms with Gasteiger partial charge in [-0.05, 0) is 25.1 Å². The second kappa shape index (κ2) is 7.27. The SMILES string of the molecule is CC.CCOC(=O)c1ccnn1-c1ccccc1. The molecule has 0 aliphatic rings. The van der Waals surface area contributed by atoms with Crippen LogP contribution < -0.4 is 0 Å². The Labute approximate surface area is 107 Å². The Balaban J connectivity index is 0.000000771. The quantitative estimate of drug-likeness (QED) is 0.782. The maximum Gasteiger partial charge on any atom is 0.357 e. The van der Waals surface area contributed by atoms with Crippen LogP contribution in [0.15, 0.2) is 42.6 Å². The van der Waals surface area contributed by atoms with Gasteiger partial charge in [0.2, 0.25) is 0 Å². The third-order valence-electron chi connectivity index (χ3n) is 2.13. The van der Waals surface area contributed by atoms with Crippen LogP contribution in [0.2, 0.25) is 0 Å². The van der Waals surface area contributed by atoms with Gasteiger partial charge < -0.3 is 4.74 Å². The van der Waals surface area contributed by atoms with Crippen molar-refractivity contribution >= 4 is 5.97 Å². The molecule has 2 aromatic rings. The molecule has 0 saturated carbocycles. The number of carbonyl (C=O) groups is 1. The van der Waals surface area contributed by atoms with E-state index in [4.69, 9.17) is 4.74 Å². The lowest BCUT2D eigenvalue weighted by molar-refractivity contribution is 0.0516. The number of rotatable bonds is 3. The van der Waals surface area contributed by atoms with Crippen molar-refractivity contribution in [3.05, 3.63) is 48.3 Å². The molecule has 0 N–H and O–H groups in total. The first kappa shape index (κ1) is 14.0. The van der Waals surface area contributed by atoms with Gasteiger partial charge in [0.25, 0.3) is 0 Å². The first-order valence-corrected chi connectivity index (χ1v) is 6.09. The van der Waals surface area contributed by atoms with Crippen molar-refractivity contribution < 1.29 is 9.53 Å². The van der Waals surface area contributed by atoms with Crippen molar-refractivity contribution in [1.82, 2.24) is 9.78 Å². The third kappa shape index (κ3) is 3.20. The number of benzene rings is 1. The standard InChI is InChI=1S/C12H12N2O2.C2H6/c1-2-16-12(15)11-8-9-13-14(11)10-6-4-3-5-7-10;1-2/h3-9H,2H2,1H3;1-2H3. The number of para-hydroxylation sites is 1. The van der Waals surface area contributed by atoms with E-state index in [0.717, 1.165) is 5.69 Å². The Morgan fingerprint density at radius 1 is 1.22 bits per heavy atom. The molecule has 0 radical (unpaired) electrons. The van der Waals surface area contributed by atoms with E-state index in [-0.39, 0.29) is 5.97 Å². The van der Waals surface area contributed by atoms with E-state index in [2.05, 4.69) is 5.10 Å². The lowest BCUT2D eigenvalue weighted by Crippen LogP contribution is -2.11. The van der Waals surface area contributed by atoms with E-state index in [0.29, 0.717) is 12.3 Å². The number of aromatic nitrogens is 2. The van der Waals surface area contributed by atoms with Crippen LogP contribution in [0.5, 0.6) is 0 Å². The van der Waals surface area contributed by atoms with Gasteiger partial charge in [0, 0.05) is 0 Å². The van der Waals surface area contributed by atoms with E-state index >= 15 is 0 Å². The Hall–Kier alpha value is -2.10. The average Bonchev–Trinajstić information content (AvgIpc) is 2.92. The molecule has 0 spiro atoms. The molecule has 0 unspecified atom stereocenters. The Morgan fingerprint density at radius 3 is 2.50 bits per heavy atom. The largest absolute Gasteiger partial charge is 0.461 e. The molecule has 0 amide bonds. The number of ether oxygens (including phenoxy) is 1. The Bertz CT molecular complexity index is 478. The van der Waals surface area contributed by atoms with Crippen molar-refractivity contribution in [2.45, 2.75) is 20.8 Å². The number of esters is 1. The van der Waals surface area contributed by atoms with Gasteiger partial charge in [0.1, 0.15) is 0 Å². The molecule has 4 nitrogen and oxygen atoms in total. The molecule has 96 valence electrons. The van der Waals surface area contributed by atoms with Gasteiger partial charge in [0.15, 0.2) is 5.69 Å². The number of carbonyl (C=O) groups excluding carboxylic acids is 1. The summed E-state index contributed by atoms with van der Waals surface area (Å²) in [5, 5.41) is 4.11. The average molecular weight is 246 g/mol. The fourth-order valence-electron chi connectivity index (χ4n) is 1.44.